The van der Waals surface area contributed by atoms with E-state index in [1.54, 1.807) is 23.5 Å². The molecule has 0 spiro atoms. The Hall–Kier alpha value is -0.940. The summed E-state index contributed by atoms with van der Waals surface area (Å²) < 4.78 is 1.02. The van der Waals surface area contributed by atoms with Crippen molar-refractivity contribution in [3.05, 3.63) is 29.8 Å². The fourth-order valence-electron chi connectivity index (χ4n) is 3.18. The van der Waals surface area contributed by atoms with Crippen LogP contribution < -0.4 is 0 Å². The molecule has 1 saturated carbocycles. The van der Waals surface area contributed by atoms with Gasteiger partial charge in [-0.05, 0) is 30.4 Å². The molecule has 1 amide bonds. The van der Waals surface area contributed by atoms with Crippen LogP contribution in [0.2, 0.25) is 0 Å². The molecule has 1 aliphatic heterocycles. The maximum atomic E-state index is 12.3. The summed E-state index contributed by atoms with van der Waals surface area (Å²) in [4.78, 5) is 18.9. The largest absolute Gasteiger partial charge is 0.345 e. The number of benzene rings is 1. The number of fused-ring (bicyclic) bond motifs is 1. The molecule has 0 aromatic heterocycles. The Morgan fingerprint density at radius 1 is 1.30 bits per heavy atom. The number of thioether (sulfide) groups is 2. The molecule has 0 saturated heterocycles. The van der Waals surface area contributed by atoms with Crippen LogP contribution in [0.25, 0.3) is 0 Å². The molecule has 23 heavy (non-hydrogen) atoms. The van der Waals surface area contributed by atoms with Gasteiger partial charge in [-0.3, -0.25) is 4.79 Å². The van der Waals surface area contributed by atoms with E-state index in [1.807, 2.05) is 24.1 Å². The average molecular weight is 349 g/mol. The van der Waals surface area contributed by atoms with Gasteiger partial charge in [0, 0.05) is 19.3 Å². The first-order valence-corrected chi connectivity index (χ1v) is 10.4. The highest BCUT2D eigenvalue weighted by Gasteiger charge is 2.19. The van der Waals surface area contributed by atoms with Gasteiger partial charge in [0.2, 0.25) is 5.91 Å². The van der Waals surface area contributed by atoms with E-state index in [4.69, 9.17) is 0 Å². The van der Waals surface area contributed by atoms with Crippen LogP contribution in [0.1, 0.15) is 37.7 Å². The van der Waals surface area contributed by atoms with E-state index in [2.05, 4.69) is 17.1 Å². The van der Waals surface area contributed by atoms with Gasteiger partial charge < -0.3 is 4.90 Å². The van der Waals surface area contributed by atoms with Crippen LogP contribution in [0.4, 0.5) is 5.69 Å². The number of carbonyl (C=O) groups is 1. The first-order chi connectivity index (χ1) is 11.2. The number of hydrogen-bond donors (Lipinski definition) is 0. The topological polar surface area (TPSA) is 32.7 Å². The monoisotopic (exact) mass is 348 g/mol. The highest BCUT2D eigenvalue weighted by molar-refractivity contribution is 8.38. The third kappa shape index (κ3) is 4.77. The Morgan fingerprint density at radius 3 is 2.91 bits per heavy atom. The second-order valence-electron chi connectivity index (χ2n) is 6.36. The zero-order valence-corrected chi connectivity index (χ0v) is 15.3. The van der Waals surface area contributed by atoms with Gasteiger partial charge in [-0.25, -0.2) is 4.99 Å². The zero-order valence-electron chi connectivity index (χ0n) is 13.7. The van der Waals surface area contributed by atoms with Crippen molar-refractivity contribution in [2.45, 2.75) is 37.9 Å². The van der Waals surface area contributed by atoms with Crippen LogP contribution in [0, 0.1) is 5.92 Å². The van der Waals surface area contributed by atoms with E-state index in [1.165, 1.54) is 37.7 Å². The Bertz CT molecular complexity index is 582. The fourth-order valence-corrected chi connectivity index (χ4v) is 5.18. The van der Waals surface area contributed by atoms with Crippen LogP contribution >= 0.6 is 23.5 Å². The molecule has 2 aliphatic rings. The minimum absolute atomic E-state index is 0.225. The summed E-state index contributed by atoms with van der Waals surface area (Å²) in [5.74, 6) is 2.38. The molecule has 1 aromatic rings. The summed E-state index contributed by atoms with van der Waals surface area (Å²) in [7, 11) is 1.95. The molecule has 3 nitrogen and oxygen atoms in total. The molecule has 124 valence electrons. The van der Waals surface area contributed by atoms with Gasteiger partial charge >= 0.3 is 0 Å². The van der Waals surface area contributed by atoms with E-state index in [0.717, 1.165) is 22.4 Å². The van der Waals surface area contributed by atoms with E-state index in [9.17, 15) is 4.79 Å². The molecule has 0 N–H and O–H groups in total. The lowest BCUT2D eigenvalue weighted by atomic mass is 9.89. The minimum atomic E-state index is 0.225. The summed E-state index contributed by atoms with van der Waals surface area (Å²) >= 11 is 3.32. The standard InChI is InChI=1S/C18H24N2OS2/c1-20(11-14-7-3-2-4-8-14)17(21)13-23-18-19-16-10-6-5-9-15(16)12-22-18/h5-6,9-10,14H,2-4,7-8,11-13H2,1H3. The molecule has 1 aliphatic carbocycles. The van der Waals surface area contributed by atoms with Crippen molar-refractivity contribution in [2.24, 2.45) is 10.9 Å². The number of para-hydroxylation sites is 1. The molecule has 5 heteroatoms. The first-order valence-electron chi connectivity index (χ1n) is 8.38. The maximum Gasteiger partial charge on any atom is 0.232 e. The van der Waals surface area contributed by atoms with Crippen molar-refractivity contribution in [2.75, 3.05) is 19.3 Å². The van der Waals surface area contributed by atoms with Gasteiger partial charge in [-0.2, -0.15) is 0 Å². The Kier molecular flexibility index (Phi) is 6.06. The third-order valence-electron chi connectivity index (χ3n) is 4.56. The van der Waals surface area contributed by atoms with Crippen LogP contribution in [-0.4, -0.2) is 34.5 Å². The predicted octanol–water partition coefficient (Wildman–Crippen LogP) is 4.69. The predicted molar refractivity (Wildman–Crippen MR) is 102 cm³/mol. The lowest BCUT2D eigenvalue weighted by Crippen LogP contribution is -2.34. The molecule has 3 rings (SSSR count). The summed E-state index contributed by atoms with van der Waals surface area (Å²) in [5, 5.41) is 0. The molecule has 0 atom stereocenters. The number of rotatable bonds is 4. The molecule has 0 bridgehead atoms. The summed E-state index contributed by atoms with van der Waals surface area (Å²) in [6.07, 6.45) is 6.58. The average Bonchev–Trinajstić information content (AvgIpc) is 2.60. The Morgan fingerprint density at radius 2 is 2.09 bits per heavy atom. The van der Waals surface area contributed by atoms with Crippen molar-refractivity contribution in [3.63, 3.8) is 0 Å². The van der Waals surface area contributed by atoms with Gasteiger partial charge in [0.1, 0.15) is 4.38 Å². The number of nitrogens with zero attached hydrogens (tertiary/aromatic N) is 2. The third-order valence-corrected chi connectivity index (χ3v) is 6.79. The minimum Gasteiger partial charge on any atom is -0.345 e. The number of carbonyl (C=O) groups excluding carboxylic acids is 1. The molecule has 0 radical (unpaired) electrons. The highest BCUT2D eigenvalue weighted by Crippen LogP contribution is 2.34. The van der Waals surface area contributed by atoms with Crippen molar-refractivity contribution in [1.29, 1.82) is 0 Å². The summed E-state index contributed by atoms with van der Waals surface area (Å²) in [5.41, 5.74) is 2.33. The fraction of sp³-hybridized carbons (Fsp3) is 0.556. The van der Waals surface area contributed by atoms with Crippen molar-refractivity contribution in [3.8, 4) is 0 Å². The lowest BCUT2D eigenvalue weighted by molar-refractivity contribution is -0.127. The van der Waals surface area contributed by atoms with Gasteiger partial charge in [-0.1, -0.05) is 61.0 Å². The van der Waals surface area contributed by atoms with Gasteiger partial charge in [0.05, 0.1) is 11.4 Å². The molecular weight excluding hydrogens is 324 g/mol. The van der Waals surface area contributed by atoms with Crippen molar-refractivity contribution in [1.82, 2.24) is 4.90 Å². The van der Waals surface area contributed by atoms with Crippen LogP contribution in [0.3, 0.4) is 0 Å². The lowest BCUT2D eigenvalue weighted by Gasteiger charge is -2.27. The Labute approximate surface area is 147 Å². The van der Waals surface area contributed by atoms with E-state index >= 15 is 0 Å². The van der Waals surface area contributed by atoms with Gasteiger partial charge in [-0.15, -0.1) is 0 Å². The van der Waals surface area contributed by atoms with Crippen molar-refractivity contribution >= 4 is 39.5 Å². The first kappa shape index (κ1) is 16.9. The van der Waals surface area contributed by atoms with E-state index in [0.29, 0.717) is 11.7 Å². The molecule has 1 heterocycles. The van der Waals surface area contributed by atoms with Crippen LogP contribution in [-0.2, 0) is 10.5 Å². The Balaban J connectivity index is 1.48. The second-order valence-corrected chi connectivity index (χ2v) is 8.55. The maximum absolute atomic E-state index is 12.3. The molecule has 1 fully saturated rings. The molecule has 1 aromatic carbocycles. The second kappa shape index (κ2) is 8.25. The van der Waals surface area contributed by atoms with Crippen molar-refractivity contribution < 1.29 is 4.79 Å². The quantitative estimate of drug-likeness (QED) is 0.791. The van der Waals surface area contributed by atoms with Crippen LogP contribution in [0.15, 0.2) is 29.3 Å². The van der Waals surface area contributed by atoms with Crippen LogP contribution in [0.5, 0.6) is 0 Å². The smallest absolute Gasteiger partial charge is 0.232 e. The number of aliphatic imine (C=N–C) groups is 1. The van der Waals surface area contributed by atoms with Gasteiger partial charge in [0.25, 0.3) is 0 Å². The molecule has 0 unspecified atom stereocenters. The number of hydrogen-bond acceptors (Lipinski definition) is 4. The van der Waals surface area contributed by atoms with E-state index < -0.39 is 0 Å². The van der Waals surface area contributed by atoms with E-state index in [-0.39, 0.29) is 5.91 Å². The SMILES string of the molecule is CN(CC1CCCCC1)C(=O)CSC1=Nc2ccccc2CS1. The normalized spacial score (nSPS) is 18.2. The zero-order chi connectivity index (χ0) is 16.1. The molecular formula is C18H24N2OS2. The summed E-state index contributed by atoms with van der Waals surface area (Å²) in [6.45, 7) is 0.918. The van der Waals surface area contributed by atoms with Gasteiger partial charge in [0.15, 0.2) is 0 Å². The highest BCUT2D eigenvalue weighted by atomic mass is 32.2. The summed E-state index contributed by atoms with van der Waals surface area (Å²) in [6, 6.07) is 8.24. The number of amides is 1.